The Kier molecular flexibility index (Phi) is 5.65. The molecule has 1 fully saturated rings. The van der Waals surface area contributed by atoms with E-state index in [1.807, 2.05) is 30.3 Å². The van der Waals surface area contributed by atoms with Crippen molar-refractivity contribution in [1.82, 2.24) is 9.88 Å². The van der Waals surface area contributed by atoms with Crippen molar-refractivity contribution in [3.63, 3.8) is 0 Å². The average molecular weight is 403 g/mol. The first-order chi connectivity index (χ1) is 14.5. The van der Waals surface area contributed by atoms with Gasteiger partial charge in [-0.05, 0) is 49.9 Å². The summed E-state index contributed by atoms with van der Waals surface area (Å²) in [6, 6.07) is 16.1. The number of carbonyl (C=O) groups excluding carboxylic acids is 2. The number of piperidine rings is 1. The second-order valence-corrected chi connectivity index (χ2v) is 7.80. The van der Waals surface area contributed by atoms with Gasteiger partial charge in [0.15, 0.2) is 6.39 Å². The molecule has 0 aliphatic carbocycles. The molecule has 154 valence electrons. The van der Waals surface area contributed by atoms with Crippen LogP contribution in [0.3, 0.4) is 0 Å². The van der Waals surface area contributed by atoms with E-state index < -0.39 is 0 Å². The summed E-state index contributed by atoms with van der Waals surface area (Å²) in [5, 5.41) is 3.03. The highest BCUT2D eigenvalue weighted by Gasteiger charge is 2.31. The Morgan fingerprint density at radius 1 is 1.10 bits per heavy atom. The maximum absolute atomic E-state index is 12.9. The van der Waals surface area contributed by atoms with E-state index in [4.69, 9.17) is 4.42 Å². The fourth-order valence-corrected chi connectivity index (χ4v) is 3.87. The Morgan fingerprint density at radius 2 is 1.87 bits per heavy atom. The number of hydrogen-bond acceptors (Lipinski definition) is 4. The van der Waals surface area contributed by atoms with Crippen molar-refractivity contribution in [1.29, 1.82) is 0 Å². The van der Waals surface area contributed by atoms with Crippen molar-refractivity contribution >= 4 is 17.5 Å². The van der Waals surface area contributed by atoms with Crippen LogP contribution in [-0.4, -0.2) is 34.8 Å². The third-order valence-corrected chi connectivity index (χ3v) is 5.50. The van der Waals surface area contributed by atoms with E-state index in [9.17, 15) is 9.59 Å². The average Bonchev–Trinajstić information content (AvgIpc) is 3.19. The summed E-state index contributed by atoms with van der Waals surface area (Å²) >= 11 is 0. The third-order valence-electron chi connectivity index (χ3n) is 5.50. The highest BCUT2D eigenvalue weighted by Crippen LogP contribution is 2.25. The standard InChI is InChI=1S/C24H25N3O3/c1-16-6-3-7-18(12-16)19-8-4-10-21(13-19)26-23(28)20-9-5-11-27(14-20)24(29)22-17(2)25-15-30-22/h3-4,6-8,10,12-13,15,20H,5,9,11,14H2,1-2H3,(H,26,28)/t20-/m1/s1. The zero-order chi connectivity index (χ0) is 21.1. The van der Waals surface area contributed by atoms with E-state index in [0.717, 1.165) is 29.7 Å². The molecule has 2 amide bonds. The van der Waals surface area contributed by atoms with Gasteiger partial charge in [0.2, 0.25) is 11.7 Å². The van der Waals surface area contributed by atoms with Crippen molar-refractivity contribution in [2.45, 2.75) is 26.7 Å². The van der Waals surface area contributed by atoms with Gasteiger partial charge < -0.3 is 14.6 Å². The number of anilines is 1. The molecule has 1 aromatic heterocycles. The maximum Gasteiger partial charge on any atom is 0.291 e. The predicted molar refractivity (Wildman–Crippen MR) is 115 cm³/mol. The van der Waals surface area contributed by atoms with E-state index >= 15 is 0 Å². The molecule has 0 saturated carbocycles. The molecular weight excluding hydrogens is 378 g/mol. The summed E-state index contributed by atoms with van der Waals surface area (Å²) in [5.74, 6) is -0.275. The van der Waals surface area contributed by atoms with Crippen LogP contribution in [0.2, 0.25) is 0 Å². The minimum atomic E-state index is -0.256. The second-order valence-electron chi connectivity index (χ2n) is 7.80. The molecule has 0 bridgehead atoms. The number of hydrogen-bond donors (Lipinski definition) is 1. The number of oxazole rings is 1. The van der Waals surface area contributed by atoms with Crippen molar-refractivity contribution in [2.24, 2.45) is 5.92 Å². The fraction of sp³-hybridized carbons (Fsp3) is 0.292. The molecule has 0 unspecified atom stereocenters. The largest absolute Gasteiger partial charge is 0.438 e. The SMILES string of the molecule is Cc1cccc(-c2cccc(NC(=O)[C@@H]3CCCN(C(=O)c4ocnc4C)C3)c2)c1. The topological polar surface area (TPSA) is 75.4 Å². The minimum Gasteiger partial charge on any atom is -0.438 e. The Labute approximate surface area is 175 Å². The number of amides is 2. The Hall–Kier alpha value is -3.41. The summed E-state index contributed by atoms with van der Waals surface area (Å²) in [6.07, 6.45) is 2.81. The van der Waals surface area contributed by atoms with Crippen LogP contribution in [0.5, 0.6) is 0 Å². The van der Waals surface area contributed by atoms with E-state index in [1.165, 1.54) is 12.0 Å². The molecule has 1 aliphatic heterocycles. The van der Waals surface area contributed by atoms with Crippen LogP contribution >= 0.6 is 0 Å². The van der Waals surface area contributed by atoms with Gasteiger partial charge in [-0.1, -0.05) is 42.0 Å². The maximum atomic E-state index is 12.9. The molecule has 0 spiro atoms. The minimum absolute atomic E-state index is 0.0665. The number of nitrogens with one attached hydrogen (secondary N) is 1. The van der Waals surface area contributed by atoms with Crippen molar-refractivity contribution in [3.8, 4) is 11.1 Å². The van der Waals surface area contributed by atoms with Gasteiger partial charge in [0.25, 0.3) is 5.91 Å². The highest BCUT2D eigenvalue weighted by molar-refractivity contribution is 5.95. The number of rotatable bonds is 4. The van der Waals surface area contributed by atoms with E-state index in [-0.39, 0.29) is 23.5 Å². The van der Waals surface area contributed by atoms with Crippen LogP contribution in [0, 0.1) is 19.8 Å². The van der Waals surface area contributed by atoms with Gasteiger partial charge in [-0.3, -0.25) is 9.59 Å². The molecule has 0 radical (unpaired) electrons. The Morgan fingerprint density at radius 3 is 2.60 bits per heavy atom. The molecule has 30 heavy (non-hydrogen) atoms. The Bertz CT molecular complexity index is 1070. The first-order valence-corrected chi connectivity index (χ1v) is 10.2. The lowest BCUT2D eigenvalue weighted by Crippen LogP contribution is -2.43. The van der Waals surface area contributed by atoms with Gasteiger partial charge >= 0.3 is 0 Å². The third kappa shape index (κ3) is 4.27. The van der Waals surface area contributed by atoms with Crippen LogP contribution in [0.1, 0.15) is 34.7 Å². The molecule has 1 saturated heterocycles. The van der Waals surface area contributed by atoms with Crippen LogP contribution in [0.15, 0.2) is 59.3 Å². The number of benzene rings is 2. The molecule has 2 aromatic carbocycles. The first kappa shape index (κ1) is 19.9. The fourth-order valence-electron chi connectivity index (χ4n) is 3.87. The molecule has 1 atom stereocenters. The normalized spacial score (nSPS) is 16.3. The van der Waals surface area contributed by atoms with Crippen molar-refractivity contribution < 1.29 is 14.0 Å². The monoisotopic (exact) mass is 403 g/mol. The molecule has 1 aliphatic rings. The lowest BCUT2D eigenvalue weighted by Gasteiger charge is -2.31. The van der Waals surface area contributed by atoms with Crippen LogP contribution in [-0.2, 0) is 4.79 Å². The zero-order valence-electron chi connectivity index (χ0n) is 17.2. The first-order valence-electron chi connectivity index (χ1n) is 10.2. The van der Waals surface area contributed by atoms with Gasteiger partial charge in [-0.2, -0.15) is 0 Å². The van der Waals surface area contributed by atoms with Gasteiger partial charge in [0, 0.05) is 18.8 Å². The number of carbonyl (C=O) groups is 2. The van der Waals surface area contributed by atoms with E-state index in [1.54, 1.807) is 11.8 Å². The molecule has 2 heterocycles. The lowest BCUT2D eigenvalue weighted by molar-refractivity contribution is -0.121. The highest BCUT2D eigenvalue weighted by atomic mass is 16.3. The molecule has 4 rings (SSSR count). The van der Waals surface area contributed by atoms with Crippen LogP contribution < -0.4 is 5.32 Å². The van der Waals surface area contributed by atoms with Crippen LogP contribution in [0.4, 0.5) is 5.69 Å². The van der Waals surface area contributed by atoms with Crippen LogP contribution in [0.25, 0.3) is 11.1 Å². The summed E-state index contributed by atoms with van der Waals surface area (Å²) in [7, 11) is 0. The van der Waals surface area contributed by atoms with Gasteiger partial charge in [-0.15, -0.1) is 0 Å². The number of nitrogens with zero attached hydrogens (tertiary/aromatic N) is 2. The number of likely N-dealkylation sites (tertiary alicyclic amines) is 1. The second kappa shape index (κ2) is 8.53. The van der Waals surface area contributed by atoms with Gasteiger partial charge in [0.1, 0.15) is 0 Å². The Balaban J connectivity index is 1.44. The summed E-state index contributed by atoms with van der Waals surface area (Å²) in [5.41, 5.74) is 4.68. The quantitative estimate of drug-likeness (QED) is 0.698. The summed E-state index contributed by atoms with van der Waals surface area (Å²) in [6.45, 7) is 4.80. The summed E-state index contributed by atoms with van der Waals surface area (Å²) in [4.78, 5) is 31.3. The molecule has 1 N–H and O–H groups in total. The predicted octanol–water partition coefficient (Wildman–Crippen LogP) is 4.45. The van der Waals surface area contributed by atoms with E-state index in [0.29, 0.717) is 18.8 Å². The molecular formula is C24H25N3O3. The lowest BCUT2D eigenvalue weighted by atomic mass is 9.96. The summed E-state index contributed by atoms with van der Waals surface area (Å²) < 4.78 is 5.23. The van der Waals surface area contributed by atoms with Gasteiger partial charge in [0.05, 0.1) is 11.6 Å². The van der Waals surface area contributed by atoms with Crippen molar-refractivity contribution in [3.05, 3.63) is 71.9 Å². The zero-order valence-corrected chi connectivity index (χ0v) is 17.2. The van der Waals surface area contributed by atoms with Gasteiger partial charge in [-0.25, -0.2) is 4.98 Å². The smallest absolute Gasteiger partial charge is 0.291 e. The molecule has 3 aromatic rings. The number of aryl methyl sites for hydroxylation is 2. The number of aromatic nitrogens is 1. The molecule has 6 nitrogen and oxygen atoms in total. The molecule has 6 heteroatoms. The van der Waals surface area contributed by atoms with Crippen molar-refractivity contribution in [2.75, 3.05) is 18.4 Å². The van der Waals surface area contributed by atoms with E-state index in [2.05, 4.69) is 35.4 Å².